The predicted octanol–water partition coefficient (Wildman–Crippen LogP) is 3.79. The van der Waals surface area contributed by atoms with Crippen molar-refractivity contribution >= 4 is 23.4 Å². The molecule has 0 amide bonds. The zero-order valence-electron chi connectivity index (χ0n) is 6.76. The van der Waals surface area contributed by atoms with Crippen LogP contribution in [0, 0.1) is 0 Å². The van der Waals surface area contributed by atoms with Gasteiger partial charge in [-0.15, -0.1) is 11.8 Å². The summed E-state index contributed by atoms with van der Waals surface area (Å²) in [6.07, 6.45) is 0. The van der Waals surface area contributed by atoms with Crippen molar-refractivity contribution in [3.8, 4) is 0 Å². The molecule has 0 bridgehead atoms. The summed E-state index contributed by atoms with van der Waals surface area (Å²) in [7, 11) is 0. The van der Waals surface area contributed by atoms with Crippen LogP contribution in [0.25, 0.3) is 0 Å². The predicted molar refractivity (Wildman–Crippen MR) is 52.7 cm³/mol. The van der Waals surface area contributed by atoms with Crippen LogP contribution in [0.4, 0.5) is 4.39 Å². The highest BCUT2D eigenvalue weighted by molar-refractivity contribution is 8.00. The molecule has 66 valence electrons. The van der Waals surface area contributed by atoms with Crippen molar-refractivity contribution in [1.29, 1.82) is 0 Å². The Kier molecular flexibility index (Phi) is 3.89. The first-order valence-corrected chi connectivity index (χ1v) is 4.96. The first kappa shape index (κ1) is 9.87. The van der Waals surface area contributed by atoms with Gasteiger partial charge >= 0.3 is 0 Å². The molecule has 1 aromatic carbocycles. The second kappa shape index (κ2) is 4.73. The molecular formula is C9H10ClFS. The van der Waals surface area contributed by atoms with E-state index in [2.05, 4.69) is 0 Å². The third-order valence-electron chi connectivity index (χ3n) is 1.37. The number of halogens is 2. The summed E-state index contributed by atoms with van der Waals surface area (Å²) in [6.45, 7) is 1.56. The van der Waals surface area contributed by atoms with Crippen LogP contribution in [0.5, 0.6) is 0 Å². The summed E-state index contributed by atoms with van der Waals surface area (Å²) >= 11 is 7.22. The van der Waals surface area contributed by atoms with Gasteiger partial charge in [-0.1, -0.05) is 18.5 Å². The van der Waals surface area contributed by atoms with Crippen molar-refractivity contribution < 1.29 is 4.39 Å². The van der Waals surface area contributed by atoms with E-state index >= 15 is 0 Å². The van der Waals surface area contributed by atoms with Gasteiger partial charge in [-0.05, 0) is 24.3 Å². The topological polar surface area (TPSA) is 0 Å². The third-order valence-corrected chi connectivity index (χ3v) is 2.69. The zero-order valence-corrected chi connectivity index (χ0v) is 8.33. The minimum Gasteiger partial charge on any atom is -0.250 e. The maximum absolute atomic E-state index is 12.1. The van der Waals surface area contributed by atoms with Crippen LogP contribution in [-0.4, -0.2) is 11.9 Å². The molecule has 0 saturated heterocycles. The molecule has 0 heterocycles. The van der Waals surface area contributed by atoms with Crippen molar-refractivity contribution in [3.05, 3.63) is 29.3 Å². The lowest BCUT2D eigenvalue weighted by atomic mass is 10.4. The first-order chi connectivity index (χ1) is 5.72. The molecule has 0 aliphatic rings. The molecule has 0 aliphatic carbocycles. The Morgan fingerprint density at radius 1 is 1.42 bits per heavy atom. The van der Waals surface area contributed by atoms with E-state index in [-0.39, 0.29) is 11.9 Å². The van der Waals surface area contributed by atoms with E-state index in [4.69, 9.17) is 11.6 Å². The maximum atomic E-state index is 12.1. The highest BCUT2D eigenvalue weighted by Gasteiger charge is 2.02. The highest BCUT2D eigenvalue weighted by Crippen LogP contribution is 2.24. The van der Waals surface area contributed by atoms with E-state index < -0.39 is 0 Å². The largest absolute Gasteiger partial charge is 0.250 e. The Hall–Kier alpha value is -0.210. The van der Waals surface area contributed by atoms with Gasteiger partial charge in [0.05, 0.1) is 0 Å². The van der Waals surface area contributed by atoms with Gasteiger partial charge in [-0.3, -0.25) is 0 Å². The Morgan fingerprint density at radius 3 is 2.50 bits per heavy atom. The molecule has 0 nitrogen and oxygen atoms in total. The van der Waals surface area contributed by atoms with E-state index in [1.165, 1.54) is 11.8 Å². The number of hydrogen-bond donors (Lipinski definition) is 0. The standard InChI is InChI=1S/C9H10ClFS/c1-7(6-11)12-9-4-2-8(10)3-5-9/h2-5,7H,6H2,1H3. The molecular weight excluding hydrogens is 195 g/mol. The molecule has 1 aromatic rings. The van der Waals surface area contributed by atoms with Crippen molar-refractivity contribution in [1.82, 2.24) is 0 Å². The van der Waals surface area contributed by atoms with Crippen molar-refractivity contribution in [2.45, 2.75) is 17.1 Å². The summed E-state index contributed by atoms with van der Waals surface area (Å²) in [5, 5.41) is 0.735. The van der Waals surface area contributed by atoms with Gasteiger partial charge in [-0.2, -0.15) is 0 Å². The number of benzene rings is 1. The van der Waals surface area contributed by atoms with Crippen LogP contribution in [0.3, 0.4) is 0 Å². The highest BCUT2D eigenvalue weighted by atomic mass is 35.5. The van der Waals surface area contributed by atoms with Crippen LogP contribution in [-0.2, 0) is 0 Å². The second-order valence-corrected chi connectivity index (χ2v) is 4.48. The van der Waals surface area contributed by atoms with E-state index in [1.54, 1.807) is 0 Å². The summed E-state index contributed by atoms with van der Waals surface area (Å²) < 4.78 is 12.1. The quantitative estimate of drug-likeness (QED) is 0.676. The molecule has 0 radical (unpaired) electrons. The lowest BCUT2D eigenvalue weighted by Gasteiger charge is -2.05. The first-order valence-electron chi connectivity index (χ1n) is 3.70. The van der Waals surface area contributed by atoms with E-state index in [0.29, 0.717) is 5.02 Å². The smallest absolute Gasteiger partial charge is 0.101 e. The van der Waals surface area contributed by atoms with Crippen LogP contribution >= 0.6 is 23.4 Å². The van der Waals surface area contributed by atoms with Gasteiger partial charge in [0.2, 0.25) is 0 Å². The normalized spacial score (nSPS) is 12.9. The van der Waals surface area contributed by atoms with Crippen molar-refractivity contribution in [3.63, 3.8) is 0 Å². The van der Waals surface area contributed by atoms with E-state index in [1.807, 2.05) is 31.2 Å². The number of thioether (sulfide) groups is 1. The third kappa shape index (κ3) is 3.03. The molecule has 1 rings (SSSR count). The maximum Gasteiger partial charge on any atom is 0.101 e. The van der Waals surface area contributed by atoms with Crippen molar-refractivity contribution in [2.75, 3.05) is 6.67 Å². The summed E-state index contributed by atoms with van der Waals surface area (Å²) in [4.78, 5) is 1.06. The molecule has 3 heteroatoms. The van der Waals surface area contributed by atoms with Gasteiger partial charge in [0.25, 0.3) is 0 Å². The van der Waals surface area contributed by atoms with Gasteiger partial charge in [-0.25, -0.2) is 4.39 Å². The van der Waals surface area contributed by atoms with Crippen LogP contribution in [0.2, 0.25) is 5.02 Å². The number of hydrogen-bond acceptors (Lipinski definition) is 1. The van der Waals surface area contributed by atoms with Crippen LogP contribution < -0.4 is 0 Å². The number of rotatable bonds is 3. The molecule has 0 N–H and O–H groups in total. The average Bonchev–Trinajstić information content (AvgIpc) is 2.09. The van der Waals surface area contributed by atoms with Crippen molar-refractivity contribution in [2.24, 2.45) is 0 Å². The molecule has 12 heavy (non-hydrogen) atoms. The Morgan fingerprint density at radius 2 is 2.00 bits per heavy atom. The second-order valence-electron chi connectivity index (χ2n) is 2.54. The molecule has 1 atom stereocenters. The van der Waals surface area contributed by atoms with Crippen LogP contribution in [0.1, 0.15) is 6.92 Å². The van der Waals surface area contributed by atoms with E-state index in [0.717, 1.165) is 4.90 Å². The average molecular weight is 205 g/mol. The fourth-order valence-electron chi connectivity index (χ4n) is 0.777. The van der Waals surface area contributed by atoms with Gasteiger partial charge in [0.15, 0.2) is 0 Å². The fourth-order valence-corrected chi connectivity index (χ4v) is 1.72. The number of alkyl halides is 1. The van der Waals surface area contributed by atoms with Gasteiger partial charge < -0.3 is 0 Å². The lowest BCUT2D eigenvalue weighted by Crippen LogP contribution is -1.96. The van der Waals surface area contributed by atoms with E-state index in [9.17, 15) is 4.39 Å². The minimum atomic E-state index is -0.298. The summed E-state index contributed by atoms with van der Waals surface area (Å²) in [6, 6.07) is 7.43. The summed E-state index contributed by atoms with van der Waals surface area (Å²) in [5.41, 5.74) is 0. The Labute approximate surface area is 81.1 Å². The minimum absolute atomic E-state index is 0.0196. The SMILES string of the molecule is CC(CF)Sc1ccc(Cl)cc1. The monoisotopic (exact) mass is 204 g/mol. The molecule has 0 spiro atoms. The molecule has 0 fully saturated rings. The van der Waals surface area contributed by atoms with Crippen LogP contribution in [0.15, 0.2) is 29.2 Å². The van der Waals surface area contributed by atoms with Gasteiger partial charge in [0, 0.05) is 15.2 Å². The molecule has 0 aliphatic heterocycles. The Balaban J connectivity index is 2.58. The molecule has 0 aromatic heterocycles. The lowest BCUT2D eigenvalue weighted by molar-refractivity contribution is 0.494. The molecule has 1 unspecified atom stereocenters. The fraction of sp³-hybridized carbons (Fsp3) is 0.333. The Bertz CT molecular complexity index is 235. The van der Waals surface area contributed by atoms with Gasteiger partial charge in [0.1, 0.15) is 6.67 Å². The molecule has 0 saturated carbocycles. The zero-order chi connectivity index (χ0) is 8.97. The summed E-state index contributed by atoms with van der Waals surface area (Å²) in [5.74, 6) is 0.